The molecule has 2 amide bonds. The summed E-state index contributed by atoms with van der Waals surface area (Å²) in [6, 6.07) is 12.1. The lowest BCUT2D eigenvalue weighted by molar-refractivity contribution is -0.114. The normalized spacial score (nSPS) is 10.5. The van der Waals surface area contributed by atoms with E-state index in [4.69, 9.17) is 0 Å². The van der Waals surface area contributed by atoms with E-state index < -0.39 is 0 Å². The minimum atomic E-state index is -0.335. The molecule has 0 aliphatic heterocycles. The second-order valence-electron chi connectivity index (χ2n) is 4.66. The fourth-order valence-electron chi connectivity index (χ4n) is 1.77. The highest BCUT2D eigenvalue weighted by Gasteiger charge is 2.04. The van der Waals surface area contributed by atoms with Crippen molar-refractivity contribution in [3.8, 4) is 0 Å². The molecule has 1 aromatic carbocycles. The molecule has 1 aromatic heterocycles. The number of pyridine rings is 1. The van der Waals surface area contributed by atoms with Gasteiger partial charge in [-0.2, -0.15) is 5.10 Å². The van der Waals surface area contributed by atoms with E-state index in [1.165, 1.54) is 13.1 Å². The van der Waals surface area contributed by atoms with Crippen molar-refractivity contribution in [2.45, 2.75) is 13.8 Å². The topological polar surface area (TPSA) is 83.5 Å². The molecule has 0 spiro atoms. The Morgan fingerprint density at radius 2 is 1.86 bits per heavy atom. The van der Waals surface area contributed by atoms with E-state index in [0.717, 1.165) is 5.69 Å². The van der Waals surface area contributed by atoms with E-state index in [-0.39, 0.29) is 11.8 Å². The van der Waals surface area contributed by atoms with Crippen LogP contribution in [0.15, 0.2) is 47.6 Å². The third-order valence-corrected chi connectivity index (χ3v) is 2.74. The monoisotopic (exact) mass is 296 g/mol. The second kappa shape index (κ2) is 7.12. The van der Waals surface area contributed by atoms with Gasteiger partial charge in [0.1, 0.15) is 0 Å². The third-order valence-electron chi connectivity index (χ3n) is 2.74. The molecule has 2 aromatic rings. The molecule has 22 heavy (non-hydrogen) atoms. The van der Waals surface area contributed by atoms with Crippen LogP contribution in [0.5, 0.6) is 0 Å². The highest BCUT2D eigenvalue weighted by molar-refractivity contribution is 5.95. The van der Waals surface area contributed by atoms with Crippen molar-refractivity contribution in [2.75, 3.05) is 5.32 Å². The number of hydrazone groups is 1. The van der Waals surface area contributed by atoms with Crippen molar-refractivity contribution in [1.29, 1.82) is 0 Å². The van der Waals surface area contributed by atoms with Crippen LogP contribution in [-0.4, -0.2) is 23.0 Å². The summed E-state index contributed by atoms with van der Waals surface area (Å²) in [6.07, 6.45) is 1.48. The molecule has 0 bridgehead atoms. The predicted molar refractivity (Wildman–Crippen MR) is 84.8 cm³/mol. The average molecular weight is 296 g/mol. The highest BCUT2D eigenvalue weighted by Crippen LogP contribution is 2.09. The number of aryl methyl sites for hydroxylation is 1. The molecule has 0 radical (unpaired) electrons. The molecule has 6 nitrogen and oxygen atoms in total. The molecule has 0 aliphatic rings. The van der Waals surface area contributed by atoms with E-state index >= 15 is 0 Å². The Morgan fingerprint density at radius 1 is 1.14 bits per heavy atom. The van der Waals surface area contributed by atoms with Gasteiger partial charge in [0.25, 0.3) is 5.91 Å². The molecule has 112 valence electrons. The zero-order valence-electron chi connectivity index (χ0n) is 12.3. The van der Waals surface area contributed by atoms with Crippen LogP contribution in [0.25, 0.3) is 0 Å². The Hall–Kier alpha value is -3.02. The van der Waals surface area contributed by atoms with Crippen LogP contribution in [0, 0.1) is 6.92 Å². The fraction of sp³-hybridized carbons (Fsp3) is 0.125. The number of amides is 2. The maximum atomic E-state index is 11.9. The average Bonchev–Trinajstić information content (AvgIpc) is 2.47. The van der Waals surface area contributed by atoms with Gasteiger partial charge < -0.3 is 5.32 Å². The fourth-order valence-corrected chi connectivity index (χ4v) is 1.77. The van der Waals surface area contributed by atoms with E-state index in [1.807, 2.05) is 19.1 Å². The summed E-state index contributed by atoms with van der Waals surface area (Å²) in [6.45, 7) is 3.31. The van der Waals surface area contributed by atoms with Crippen molar-refractivity contribution in [1.82, 2.24) is 10.4 Å². The number of hydrogen-bond acceptors (Lipinski definition) is 4. The van der Waals surface area contributed by atoms with E-state index in [2.05, 4.69) is 20.8 Å². The summed E-state index contributed by atoms with van der Waals surface area (Å²) in [4.78, 5) is 27.1. The summed E-state index contributed by atoms with van der Waals surface area (Å²) < 4.78 is 0. The van der Waals surface area contributed by atoms with Crippen LogP contribution >= 0.6 is 0 Å². The molecule has 0 saturated carbocycles. The number of nitrogens with one attached hydrogen (secondary N) is 2. The minimum absolute atomic E-state index is 0.160. The molecule has 2 rings (SSSR count). The number of benzene rings is 1. The maximum absolute atomic E-state index is 11.9. The van der Waals surface area contributed by atoms with E-state index in [9.17, 15) is 9.59 Å². The predicted octanol–water partition coefficient (Wildman–Crippen LogP) is 2.11. The smallest absolute Gasteiger partial charge is 0.271 e. The van der Waals surface area contributed by atoms with E-state index in [0.29, 0.717) is 16.9 Å². The van der Waals surface area contributed by atoms with E-state index in [1.54, 1.807) is 30.3 Å². The number of carbonyl (C=O) groups is 2. The molecule has 2 N–H and O–H groups in total. The van der Waals surface area contributed by atoms with Crippen molar-refractivity contribution in [3.63, 3.8) is 0 Å². The number of hydrogen-bond donors (Lipinski definition) is 2. The highest BCUT2D eigenvalue weighted by atomic mass is 16.2. The lowest BCUT2D eigenvalue weighted by atomic mass is 10.2. The van der Waals surface area contributed by atoms with Crippen LogP contribution < -0.4 is 10.7 Å². The van der Waals surface area contributed by atoms with Crippen LogP contribution in [0.4, 0.5) is 5.69 Å². The van der Waals surface area contributed by atoms with Crippen molar-refractivity contribution < 1.29 is 9.59 Å². The van der Waals surface area contributed by atoms with Gasteiger partial charge in [0, 0.05) is 23.9 Å². The van der Waals surface area contributed by atoms with Crippen LogP contribution in [0.1, 0.15) is 28.7 Å². The Kier molecular flexibility index (Phi) is 4.98. The van der Waals surface area contributed by atoms with Gasteiger partial charge in [-0.05, 0) is 43.3 Å². The number of anilines is 1. The lowest BCUT2D eigenvalue weighted by Gasteiger charge is -2.03. The number of nitrogens with zero attached hydrogens (tertiary/aromatic N) is 2. The Morgan fingerprint density at radius 3 is 2.50 bits per heavy atom. The van der Waals surface area contributed by atoms with Gasteiger partial charge in [0.05, 0.1) is 11.9 Å². The lowest BCUT2D eigenvalue weighted by Crippen LogP contribution is -2.17. The first-order chi connectivity index (χ1) is 10.5. The summed E-state index contributed by atoms with van der Waals surface area (Å²) in [7, 11) is 0. The standard InChI is InChI=1S/C16H16N4O2/c1-11-4-3-5-15(18-11)10-17-20-16(22)13-6-8-14(9-7-13)19-12(2)21/h3-10H,1-2H3,(H,19,21)(H,20,22)/b17-10+. The van der Waals surface area contributed by atoms with Gasteiger partial charge >= 0.3 is 0 Å². The van der Waals surface area contributed by atoms with Gasteiger partial charge in [-0.25, -0.2) is 5.43 Å². The summed E-state index contributed by atoms with van der Waals surface area (Å²) >= 11 is 0. The number of aromatic nitrogens is 1. The number of carbonyl (C=O) groups excluding carboxylic acids is 2. The minimum Gasteiger partial charge on any atom is -0.326 e. The summed E-state index contributed by atoms with van der Waals surface area (Å²) in [5.74, 6) is -0.495. The third kappa shape index (κ3) is 4.52. The zero-order valence-corrected chi connectivity index (χ0v) is 12.3. The largest absolute Gasteiger partial charge is 0.326 e. The quantitative estimate of drug-likeness (QED) is 0.669. The molecule has 0 fully saturated rings. The Bertz CT molecular complexity index is 708. The molecule has 6 heteroatoms. The molecule has 0 aliphatic carbocycles. The van der Waals surface area contributed by atoms with Crippen molar-refractivity contribution >= 4 is 23.7 Å². The summed E-state index contributed by atoms with van der Waals surface area (Å²) in [5.41, 5.74) is 5.06. The molecular formula is C16H16N4O2. The zero-order chi connectivity index (χ0) is 15.9. The molecular weight excluding hydrogens is 280 g/mol. The van der Waals surface area contributed by atoms with Gasteiger partial charge in [-0.15, -0.1) is 0 Å². The van der Waals surface area contributed by atoms with Crippen molar-refractivity contribution in [3.05, 3.63) is 59.4 Å². The summed E-state index contributed by atoms with van der Waals surface area (Å²) in [5, 5.41) is 6.51. The SMILES string of the molecule is CC(=O)Nc1ccc(C(=O)N/N=C/c2cccc(C)n2)cc1. The first-order valence-corrected chi connectivity index (χ1v) is 6.69. The first kappa shape index (κ1) is 15.4. The van der Waals surface area contributed by atoms with Crippen LogP contribution in [-0.2, 0) is 4.79 Å². The maximum Gasteiger partial charge on any atom is 0.271 e. The van der Waals surface area contributed by atoms with Gasteiger partial charge in [0.2, 0.25) is 5.91 Å². The van der Waals surface area contributed by atoms with Crippen LogP contribution in [0.2, 0.25) is 0 Å². The molecule has 0 atom stereocenters. The Balaban J connectivity index is 1.96. The molecule has 0 saturated heterocycles. The van der Waals surface area contributed by atoms with Gasteiger partial charge in [-0.1, -0.05) is 6.07 Å². The Labute approximate surface area is 128 Å². The molecule has 1 heterocycles. The van der Waals surface area contributed by atoms with Gasteiger partial charge in [-0.3, -0.25) is 14.6 Å². The van der Waals surface area contributed by atoms with Crippen molar-refractivity contribution in [2.24, 2.45) is 5.10 Å². The van der Waals surface area contributed by atoms with Gasteiger partial charge in [0.15, 0.2) is 0 Å². The molecule has 0 unspecified atom stereocenters. The second-order valence-corrected chi connectivity index (χ2v) is 4.66. The first-order valence-electron chi connectivity index (χ1n) is 6.69. The van der Waals surface area contributed by atoms with Crippen LogP contribution in [0.3, 0.4) is 0 Å². The number of rotatable bonds is 4.